The van der Waals surface area contributed by atoms with Crippen molar-refractivity contribution in [2.75, 3.05) is 13.2 Å². The van der Waals surface area contributed by atoms with Gasteiger partial charge in [0.15, 0.2) is 4.90 Å². The van der Waals surface area contributed by atoms with Crippen LogP contribution in [0.5, 0.6) is 0 Å². The highest BCUT2D eigenvalue weighted by Gasteiger charge is 2.40. The maximum atomic E-state index is 14.3. The van der Waals surface area contributed by atoms with Gasteiger partial charge in [0.05, 0.1) is 5.56 Å². The van der Waals surface area contributed by atoms with Gasteiger partial charge in [-0.15, -0.1) is 0 Å². The first kappa shape index (κ1) is 31.4. The first-order valence-corrected chi connectivity index (χ1v) is 15.4. The summed E-state index contributed by atoms with van der Waals surface area (Å²) in [5.74, 6) is -0.511. The zero-order valence-corrected chi connectivity index (χ0v) is 25.0. The van der Waals surface area contributed by atoms with Crippen molar-refractivity contribution in [3.63, 3.8) is 0 Å². The summed E-state index contributed by atoms with van der Waals surface area (Å²) in [6.07, 6.45) is 2.05. The van der Waals surface area contributed by atoms with Gasteiger partial charge in [-0.05, 0) is 68.4 Å². The first-order valence-electron chi connectivity index (χ1n) is 14.3. The molecule has 0 radical (unpaired) electrons. The second-order valence-electron chi connectivity index (χ2n) is 12.2. The zero-order valence-electron chi connectivity index (χ0n) is 24.2. The molecule has 2 aromatic rings. The molecule has 2 fully saturated rings. The molecule has 2 amide bonds. The summed E-state index contributed by atoms with van der Waals surface area (Å²) in [7, 11) is 0. The van der Waals surface area contributed by atoms with Gasteiger partial charge in [-0.1, -0.05) is 40.0 Å². The van der Waals surface area contributed by atoms with E-state index >= 15 is 0 Å². The Balaban J connectivity index is 1.73. The predicted molar refractivity (Wildman–Crippen MR) is 151 cm³/mol. The fourth-order valence-corrected chi connectivity index (χ4v) is 6.60. The van der Waals surface area contributed by atoms with E-state index in [2.05, 4.69) is 10.0 Å². The molecule has 1 aliphatic heterocycles. The van der Waals surface area contributed by atoms with Gasteiger partial charge in [-0.2, -0.15) is 17.9 Å². The Labute approximate surface area is 242 Å². The highest BCUT2D eigenvalue weighted by Crippen LogP contribution is 2.39. The molecule has 0 spiro atoms. The third kappa shape index (κ3) is 7.67. The van der Waals surface area contributed by atoms with Gasteiger partial charge in [-0.25, -0.2) is 0 Å². The lowest BCUT2D eigenvalue weighted by Gasteiger charge is -2.25. The van der Waals surface area contributed by atoms with Gasteiger partial charge >= 0.3 is 6.18 Å². The van der Waals surface area contributed by atoms with E-state index < -0.39 is 39.3 Å². The molecular formula is C30H40F3N3O4S. The number of halogens is 3. The SMILES string of the molecule is Cc1c(C(=O)NC2CCOCC2)cc(-c2ccc([S+]([O-])NC(=O)C(C)(C)C)c(C(F)(F)F)c2)n1CC1CCCCC1. The molecular weight excluding hydrogens is 555 g/mol. The van der Waals surface area contributed by atoms with E-state index in [4.69, 9.17) is 4.74 Å². The molecule has 7 nitrogen and oxygen atoms in total. The topological polar surface area (TPSA) is 95.4 Å². The van der Waals surface area contributed by atoms with Gasteiger partial charge in [0.1, 0.15) is 16.9 Å². The number of amides is 2. The van der Waals surface area contributed by atoms with Crippen molar-refractivity contribution in [3.05, 3.63) is 41.1 Å². The lowest BCUT2D eigenvalue weighted by atomic mass is 9.89. The van der Waals surface area contributed by atoms with Crippen LogP contribution in [0.4, 0.5) is 13.2 Å². The van der Waals surface area contributed by atoms with Gasteiger partial charge in [0, 0.05) is 42.6 Å². The summed E-state index contributed by atoms with van der Waals surface area (Å²) in [5, 5.41) is 3.07. The van der Waals surface area contributed by atoms with Crippen LogP contribution in [0.25, 0.3) is 11.3 Å². The van der Waals surface area contributed by atoms with Crippen LogP contribution in [0, 0.1) is 18.3 Å². The minimum Gasteiger partial charge on any atom is -0.588 e. The number of aromatic nitrogens is 1. The summed E-state index contributed by atoms with van der Waals surface area (Å²) in [6.45, 7) is 8.34. The molecule has 2 heterocycles. The van der Waals surface area contributed by atoms with Crippen LogP contribution >= 0.6 is 0 Å². The molecule has 11 heteroatoms. The molecule has 1 unspecified atom stereocenters. The molecule has 1 aliphatic carbocycles. The van der Waals surface area contributed by atoms with Crippen molar-refractivity contribution < 1.29 is 32.0 Å². The van der Waals surface area contributed by atoms with E-state index in [0.717, 1.165) is 37.8 Å². The lowest BCUT2D eigenvalue weighted by Crippen LogP contribution is -2.39. The summed E-state index contributed by atoms with van der Waals surface area (Å²) in [5.41, 5.74) is -0.0998. The molecule has 2 N–H and O–H groups in total. The number of ether oxygens (including phenoxy) is 1. The summed E-state index contributed by atoms with van der Waals surface area (Å²) >= 11 is -2.41. The number of carbonyl (C=O) groups excluding carboxylic acids is 2. The number of carbonyl (C=O) groups is 2. The van der Waals surface area contributed by atoms with Gasteiger partial charge in [-0.3, -0.25) is 9.59 Å². The lowest BCUT2D eigenvalue weighted by molar-refractivity contribution is -0.140. The number of alkyl halides is 3. The van der Waals surface area contributed by atoms with Crippen molar-refractivity contribution in [1.29, 1.82) is 0 Å². The van der Waals surface area contributed by atoms with Crippen LogP contribution in [-0.2, 0) is 33.6 Å². The van der Waals surface area contributed by atoms with Gasteiger partial charge in [0.2, 0.25) is 0 Å². The van der Waals surface area contributed by atoms with E-state index in [1.165, 1.54) is 12.5 Å². The molecule has 2 aliphatic rings. The number of hydrogen-bond acceptors (Lipinski definition) is 4. The van der Waals surface area contributed by atoms with Crippen LogP contribution in [0.1, 0.15) is 87.3 Å². The monoisotopic (exact) mass is 595 g/mol. The van der Waals surface area contributed by atoms with Crippen molar-refractivity contribution in [3.8, 4) is 11.3 Å². The highest BCUT2D eigenvalue weighted by molar-refractivity contribution is 7.90. The van der Waals surface area contributed by atoms with E-state index in [0.29, 0.717) is 55.5 Å². The van der Waals surface area contributed by atoms with Gasteiger partial charge in [0.25, 0.3) is 11.8 Å². The molecule has 41 heavy (non-hydrogen) atoms. The summed E-state index contributed by atoms with van der Waals surface area (Å²) < 4.78 is 65.3. The number of nitrogens with one attached hydrogen (secondary N) is 2. The smallest absolute Gasteiger partial charge is 0.421 e. The molecule has 1 aromatic heterocycles. The standard InChI is InChI=1S/C30H40F3N3O4S/c1-19-23(27(37)34-22-12-14-40-15-13-22)17-25(36(19)18-20-8-6-5-7-9-20)21-10-11-26(24(16-21)30(31,32)33)41(39)35-28(38)29(2,3)4/h10-11,16-17,20,22H,5-9,12-15,18H2,1-4H3,(H,34,37)(H,35,38). The van der Waals surface area contributed by atoms with E-state index in [1.54, 1.807) is 26.8 Å². The third-order valence-electron chi connectivity index (χ3n) is 7.98. The average molecular weight is 596 g/mol. The predicted octanol–water partition coefficient (Wildman–Crippen LogP) is 6.16. The Morgan fingerprint density at radius 2 is 1.71 bits per heavy atom. The Bertz CT molecular complexity index is 1240. The fraction of sp³-hybridized carbons (Fsp3) is 0.600. The second kappa shape index (κ2) is 12.8. The largest absolute Gasteiger partial charge is 0.588 e. The maximum Gasteiger partial charge on any atom is 0.421 e. The van der Waals surface area contributed by atoms with Crippen molar-refractivity contribution in [2.45, 2.75) is 96.3 Å². The maximum absolute atomic E-state index is 14.3. The Morgan fingerprint density at radius 3 is 2.32 bits per heavy atom. The second-order valence-corrected chi connectivity index (χ2v) is 13.3. The molecule has 1 atom stereocenters. The van der Waals surface area contributed by atoms with Crippen LogP contribution in [0.15, 0.2) is 29.2 Å². The molecule has 4 rings (SSSR count). The van der Waals surface area contributed by atoms with Crippen LogP contribution < -0.4 is 10.0 Å². The van der Waals surface area contributed by atoms with Crippen LogP contribution in [-0.4, -0.2) is 40.2 Å². The van der Waals surface area contributed by atoms with E-state index in [1.807, 2.05) is 11.5 Å². The summed E-state index contributed by atoms with van der Waals surface area (Å²) in [6, 6.07) is 5.27. The molecule has 1 aromatic carbocycles. The fourth-order valence-electron chi connectivity index (χ4n) is 5.45. The highest BCUT2D eigenvalue weighted by atomic mass is 32.2. The zero-order chi connectivity index (χ0) is 29.9. The number of nitrogens with zero attached hydrogens (tertiary/aromatic N) is 1. The number of benzene rings is 1. The Kier molecular flexibility index (Phi) is 9.81. The number of hydrogen-bond donors (Lipinski definition) is 2. The number of rotatable bonds is 7. The van der Waals surface area contributed by atoms with E-state index in [-0.39, 0.29) is 17.5 Å². The first-order chi connectivity index (χ1) is 19.3. The normalized spacial score (nSPS) is 18.2. The Morgan fingerprint density at radius 1 is 1.05 bits per heavy atom. The van der Waals surface area contributed by atoms with Crippen molar-refractivity contribution in [2.24, 2.45) is 11.3 Å². The Hall–Kier alpha value is -2.50. The molecule has 0 bridgehead atoms. The van der Waals surface area contributed by atoms with Crippen LogP contribution in [0.2, 0.25) is 0 Å². The minimum absolute atomic E-state index is 0.0183. The van der Waals surface area contributed by atoms with Crippen molar-refractivity contribution >= 4 is 23.2 Å². The molecule has 1 saturated carbocycles. The van der Waals surface area contributed by atoms with Crippen LogP contribution in [0.3, 0.4) is 0 Å². The van der Waals surface area contributed by atoms with E-state index in [9.17, 15) is 27.3 Å². The van der Waals surface area contributed by atoms with Crippen molar-refractivity contribution in [1.82, 2.24) is 14.6 Å². The molecule has 1 saturated heterocycles. The van der Waals surface area contributed by atoms with Gasteiger partial charge < -0.3 is 19.2 Å². The summed E-state index contributed by atoms with van der Waals surface area (Å²) in [4.78, 5) is 25.2. The molecule has 226 valence electrons. The minimum atomic E-state index is -4.81. The third-order valence-corrected chi connectivity index (χ3v) is 9.11. The average Bonchev–Trinajstić information content (AvgIpc) is 3.24. The quantitative estimate of drug-likeness (QED) is 0.375.